The first-order valence-corrected chi connectivity index (χ1v) is 10.8. The van der Waals surface area contributed by atoms with Gasteiger partial charge in [0, 0.05) is 48.5 Å². The van der Waals surface area contributed by atoms with E-state index in [9.17, 15) is 14.9 Å². The highest BCUT2D eigenvalue weighted by Gasteiger charge is 2.27. The minimum absolute atomic E-state index is 0.0127. The van der Waals surface area contributed by atoms with E-state index < -0.39 is 4.92 Å². The van der Waals surface area contributed by atoms with Crippen molar-refractivity contribution in [1.82, 2.24) is 19.7 Å². The Morgan fingerprint density at radius 3 is 2.61 bits per heavy atom. The number of amides is 1. The fourth-order valence-corrected chi connectivity index (χ4v) is 4.45. The number of nitro benzene ring substituents is 1. The summed E-state index contributed by atoms with van der Waals surface area (Å²) in [5.74, 6) is 1.10. The third kappa shape index (κ3) is 3.93. The maximum absolute atomic E-state index is 13.0. The molecule has 1 aliphatic rings. The molecular weight excluding hydrogens is 422 g/mol. The van der Waals surface area contributed by atoms with Gasteiger partial charge in [-0.3, -0.25) is 14.9 Å². The zero-order valence-electron chi connectivity index (χ0n) is 18.1. The number of carbonyl (C=O) groups is 1. The third-order valence-electron chi connectivity index (χ3n) is 6.28. The number of non-ortho nitro benzene ring substituents is 1. The van der Waals surface area contributed by atoms with Gasteiger partial charge in [-0.05, 0) is 60.7 Å². The summed E-state index contributed by atoms with van der Waals surface area (Å²) in [6, 6.07) is 13.8. The number of hydrogen-bond acceptors (Lipinski definition) is 5. The third-order valence-corrected chi connectivity index (χ3v) is 6.28. The molecule has 1 fully saturated rings. The van der Waals surface area contributed by atoms with Gasteiger partial charge in [0.15, 0.2) is 5.69 Å². The number of aromatic amines is 1. The van der Waals surface area contributed by atoms with E-state index in [2.05, 4.69) is 22.3 Å². The number of nitrogens with one attached hydrogen (secondary N) is 1. The van der Waals surface area contributed by atoms with Gasteiger partial charge in [0.2, 0.25) is 0 Å². The van der Waals surface area contributed by atoms with Crippen LogP contribution in [0.2, 0.25) is 0 Å². The summed E-state index contributed by atoms with van der Waals surface area (Å²) < 4.78 is 6.93. The monoisotopic (exact) mass is 445 g/mol. The highest BCUT2D eigenvalue weighted by Crippen LogP contribution is 2.35. The summed E-state index contributed by atoms with van der Waals surface area (Å²) in [4.78, 5) is 28.6. The van der Waals surface area contributed by atoms with Crippen molar-refractivity contribution >= 4 is 22.5 Å². The summed E-state index contributed by atoms with van der Waals surface area (Å²) in [7, 11) is 1.67. The molecule has 1 saturated heterocycles. The van der Waals surface area contributed by atoms with Crippen LogP contribution in [0.4, 0.5) is 5.69 Å². The Labute approximate surface area is 189 Å². The molecule has 0 unspecified atom stereocenters. The number of nitro groups is 1. The summed E-state index contributed by atoms with van der Waals surface area (Å²) >= 11 is 0. The Kier molecular flexibility index (Phi) is 5.29. The molecule has 3 heterocycles. The number of ether oxygens (including phenoxy) is 1. The van der Waals surface area contributed by atoms with Crippen molar-refractivity contribution in [1.29, 1.82) is 0 Å². The number of aromatic nitrogens is 3. The summed E-state index contributed by atoms with van der Waals surface area (Å²) in [6.45, 7) is 1.31. The van der Waals surface area contributed by atoms with Crippen LogP contribution in [-0.4, -0.2) is 50.7 Å². The Bertz CT molecular complexity index is 1320. The maximum atomic E-state index is 13.0. The molecule has 0 aliphatic carbocycles. The first-order valence-electron chi connectivity index (χ1n) is 10.8. The first-order chi connectivity index (χ1) is 16.0. The number of H-pyrrole nitrogens is 1. The van der Waals surface area contributed by atoms with Crippen LogP contribution in [0, 0.1) is 10.1 Å². The second-order valence-electron chi connectivity index (χ2n) is 8.14. The standard InChI is InChI=1S/C24H23N5O4/c1-33-19-6-7-22-20(14-19)21(15-25-22)16-8-11-27(12-9-16)24(30)23-10-13-28(26-23)17-2-4-18(5-3-17)29(31)32/h2-7,10,13-16,25H,8-9,11-12H2,1H3. The second-order valence-corrected chi connectivity index (χ2v) is 8.14. The number of fused-ring (bicyclic) bond motifs is 1. The number of methoxy groups -OCH3 is 1. The van der Waals surface area contributed by atoms with Gasteiger partial charge < -0.3 is 14.6 Å². The SMILES string of the molecule is COc1ccc2[nH]cc(C3CCN(C(=O)c4ccn(-c5ccc([N+](=O)[O-])cc5)n4)CC3)c2c1. The van der Waals surface area contributed by atoms with Gasteiger partial charge in [-0.25, -0.2) is 4.68 Å². The van der Waals surface area contributed by atoms with Crippen LogP contribution < -0.4 is 4.74 Å². The zero-order chi connectivity index (χ0) is 22.9. The highest BCUT2D eigenvalue weighted by molar-refractivity contribution is 5.92. The number of piperidine rings is 1. The fraction of sp³-hybridized carbons (Fsp3) is 0.250. The molecule has 9 nitrogen and oxygen atoms in total. The lowest BCUT2D eigenvalue weighted by Crippen LogP contribution is -2.38. The number of likely N-dealkylation sites (tertiary alicyclic amines) is 1. The fourth-order valence-electron chi connectivity index (χ4n) is 4.45. The van der Waals surface area contributed by atoms with Crippen LogP contribution >= 0.6 is 0 Å². The van der Waals surface area contributed by atoms with E-state index in [0.717, 1.165) is 24.1 Å². The minimum Gasteiger partial charge on any atom is -0.497 e. The van der Waals surface area contributed by atoms with Gasteiger partial charge in [0.1, 0.15) is 5.75 Å². The molecule has 0 bridgehead atoms. The molecule has 1 N–H and O–H groups in total. The van der Waals surface area contributed by atoms with E-state index in [-0.39, 0.29) is 11.6 Å². The molecule has 4 aromatic rings. The highest BCUT2D eigenvalue weighted by atomic mass is 16.6. The quantitative estimate of drug-likeness (QED) is 0.364. The van der Waals surface area contributed by atoms with Crippen LogP contribution in [0.3, 0.4) is 0 Å². The number of benzene rings is 2. The van der Waals surface area contributed by atoms with Crippen molar-refractivity contribution in [2.45, 2.75) is 18.8 Å². The minimum atomic E-state index is -0.446. The van der Waals surface area contributed by atoms with Crippen LogP contribution in [0.25, 0.3) is 16.6 Å². The van der Waals surface area contributed by atoms with Gasteiger partial charge in [-0.1, -0.05) is 0 Å². The molecule has 0 atom stereocenters. The Balaban J connectivity index is 1.26. The largest absolute Gasteiger partial charge is 0.497 e. The van der Waals surface area contributed by atoms with Crippen molar-refractivity contribution in [2.75, 3.05) is 20.2 Å². The van der Waals surface area contributed by atoms with Crippen molar-refractivity contribution in [2.24, 2.45) is 0 Å². The Morgan fingerprint density at radius 2 is 1.91 bits per heavy atom. The summed E-state index contributed by atoms with van der Waals surface area (Å²) in [5, 5.41) is 16.4. The summed E-state index contributed by atoms with van der Waals surface area (Å²) in [6.07, 6.45) is 5.51. The molecule has 168 valence electrons. The molecule has 33 heavy (non-hydrogen) atoms. The van der Waals surface area contributed by atoms with E-state index in [4.69, 9.17) is 4.74 Å². The molecule has 0 radical (unpaired) electrons. The van der Waals surface area contributed by atoms with E-state index in [0.29, 0.717) is 30.4 Å². The topological polar surface area (TPSA) is 106 Å². The first kappa shape index (κ1) is 20.7. The molecule has 9 heteroatoms. The van der Waals surface area contributed by atoms with Crippen LogP contribution in [-0.2, 0) is 0 Å². The predicted octanol–water partition coefficient (Wildman–Crippen LogP) is 4.29. The average molecular weight is 445 g/mol. The molecule has 2 aromatic carbocycles. The average Bonchev–Trinajstić information content (AvgIpc) is 3.51. The number of rotatable bonds is 5. The van der Waals surface area contributed by atoms with E-state index >= 15 is 0 Å². The number of nitrogens with zero attached hydrogens (tertiary/aromatic N) is 4. The van der Waals surface area contributed by atoms with Crippen molar-refractivity contribution < 1.29 is 14.5 Å². The van der Waals surface area contributed by atoms with Gasteiger partial charge in [0.25, 0.3) is 11.6 Å². The molecular formula is C24H23N5O4. The lowest BCUT2D eigenvalue weighted by atomic mass is 9.89. The molecule has 1 amide bonds. The molecule has 2 aromatic heterocycles. The van der Waals surface area contributed by atoms with Crippen molar-refractivity contribution in [3.8, 4) is 11.4 Å². The van der Waals surface area contributed by atoms with Crippen LogP contribution in [0.1, 0.15) is 34.8 Å². The molecule has 0 saturated carbocycles. The van der Waals surface area contributed by atoms with Crippen LogP contribution in [0.5, 0.6) is 5.75 Å². The zero-order valence-corrected chi connectivity index (χ0v) is 18.1. The predicted molar refractivity (Wildman–Crippen MR) is 123 cm³/mol. The van der Waals surface area contributed by atoms with E-state index in [1.807, 2.05) is 17.0 Å². The smallest absolute Gasteiger partial charge is 0.274 e. The van der Waals surface area contributed by atoms with E-state index in [1.54, 1.807) is 36.2 Å². The van der Waals surface area contributed by atoms with Gasteiger partial charge in [0.05, 0.1) is 17.7 Å². The normalized spacial score (nSPS) is 14.5. The van der Waals surface area contributed by atoms with Crippen LogP contribution in [0.15, 0.2) is 60.9 Å². The maximum Gasteiger partial charge on any atom is 0.274 e. The van der Waals surface area contributed by atoms with Crippen molar-refractivity contribution in [3.05, 3.63) is 82.3 Å². The number of carbonyl (C=O) groups excluding carboxylic acids is 1. The van der Waals surface area contributed by atoms with E-state index in [1.165, 1.54) is 23.1 Å². The van der Waals surface area contributed by atoms with Gasteiger partial charge >= 0.3 is 0 Å². The molecule has 5 rings (SSSR count). The van der Waals surface area contributed by atoms with Gasteiger partial charge in [-0.2, -0.15) is 5.10 Å². The Hall–Kier alpha value is -4.14. The lowest BCUT2D eigenvalue weighted by molar-refractivity contribution is -0.384. The molecule has 0 spiro atoms. The van der Waals surface area contributed by atoms with Gasteiger partial charge in [-0.15, -0.1) is 0 Å². The van der Waals surface area contributed by atoms with Crippen molar-refractivity contribution in [3.63, 3.8) is 0 Å². The second kappa shape index (κ2) is 8.42. The summed E-state index contributed by atoms with van der Waals surface area (Å²) in [5.41, 5.74) is 3.38. The number of hydrogen-bond donors (Lipinski definition) is 1. The Morgan fingerprint density at radius 1 is 1.15 bits per heavy atom. The lowest BCUT2D eigenvalue weighted by Gasteiger charge is -2.31. The molecule has 1 aliphatic heterocycles.